The molecule has 0 saturated heterocycles. The zero-order valence-corrected chi connectivity index (χ0v) is 32.7. The van der Waals surface area contributed by atoms with Gasteiger partial charge in [0.05, 0.1) is 12.2 Å². The van der Waals surface area contributed by atoms with E-state index < -0.39 is 11.2 Å². The number of rotatable bonds is 9. The summed E-state index contributed by atoms with van der Waals surface area (Å²) in [6.45, 7) is 1.45. The molecule has 6 aromatic carbocycles. The first kappa shape index (κ1) is 40.4. The summed E-state index contributed by atoms with van der Waals surface area (Å²) in [5.41, 5.74) is 4.85. The Morgan fingerprint density at radius 2 is 0.696 bits per heavy atom. The lowest BCUT2D eigenvalue weighted by Gasteiger charge is -2.40. The van der Waals surface area contributed by atoms with Crippen LogP contribution in [-0.4, -0.2) is 23.3 Å². The van der Waals surface area contributed by atoms with E-state index in [-0.39, 0.29) is 12.1 Å². The van der Waals surface area contributed by atoms with Crippen LogP contribution in [0.3, 0.4) is 0 Å². The van der Waals surface area contributed by atoms with E-state index in [1.807, 2.05) is 91.0 Å². The van der Waals surface area contributed by atoms with Crippen LogP contribution in [0.1, 0.15) is 105 Å². The van der Waals surface area contributed by atoms with E-state index in [2.05, 4.69) is 91.0 Å². The van der Waals surface area contributed by atoms with Gasteiger partial charge in [0.25, 0.3) is 0 Å². The lowest BCUT2D eigenvalue weighted by Crippen LogP contribution is -2.37. The van der Waals surface area contributed by atoms with Gasteiger partial charge in [0.2, 0.25) is 0 Å². The summed E-state index contributed by atoms with van der Waals surface area (Å²) in [5.74, 6) is -0.318. The number of esters is 1. The molecule has 4 nitrogen and oxygen atoms in total. The molecule has 2 fully saturated rings. The van der Waals surface area contributed by atoms with Crippen molar-refractivity contribution in [2.24, 2.45) is 0 Å². The zero-order chi connectivity index (χ0) is 38.9. The van der Waals surface area contributed by atoms with Gasteiger partial charge in [0.15, 0.2) is 5.60 Å². The van der Waals surface area contributed by atoms with Gasteiger partial charge >= 0.3 is 5.97 Å². The Labute approximate surface area is 334 Å². The Kier molecular flexibility index (Phi) is 14.8. The highest BCUT2D eigenvalue weighted by Crippen LogP contribution is 2.43. The van der Waals surface area contributed by atoms with Crippen molar-refractivity contribution in [2.75, 3.05) is 0 Å². The molecule has 0 atom stereocenters. The van der Waals surface area contributed by atoms with Crippen molar-refractivity contribution in [1.82, 2.24) is 0 Å². The van der Waals surface area contributed by atoms with Crippen LogP contribution in [0.2, 0.25) is 0 Å². The maximum atomic E-state index is 12.0. The standard InChI is InChI=1S/C25H26O.C21H18O2.C6H12O/c1-5-13-21(14-6-1)25(22-15-7-2-8-16-22,23-17-9-3-10-18-23)26-24-19-11-4-12-20-24;1-17(22)23-21(18-11-5-2-6-12-18,19-13-7-3-8-14-19)20-15-9-4-10-16-20;7-6-4-2-1-3-5-6/h1-3,5-10,13-18,24H,4,11-12,19-20H2;2-16H,1H3;6-7H,1-5H2. The van der Waals surface area contributed by atoms with E-state index >= 15 is 0 Å². The highest BCUT2D eigenvalue weighted by molar-refractivity contribution is 5.69. The SMILES string of the molecule is CC(=O)OC(c1ccccc1)(c1ccccc1)c1ccccc1.OC1CCCCC1.c1ccc(C(OC2CCCCC2)(c2ccccc2)c2ccccc2)cc1. The van der Waals surface area contributed by atoms with Crippen molar-refractivity contribution >= 4 is 5.97 Å². The van der Waals surface area contributed by atoms with Crippen LogP contribution in [0.25, 0.3) is 0 Å². The average molecular weight is 745 g/mol. The smallest absolute Gasteiger partial charge is 0.304 e. The molecule has 0 aromatic heterocycles. The number of hydrogen-bond acceptors (Lipinski definition) is 4. The lowest BCUT2D eigenvalue weighted by molar-refractivity contribution is -0.150. The molecule has 2 saturated carbocycles. The van der Waals surface area contributed by atoms with Gasteiger partial charge in [-0.25, -0.2) is 0 Å². The number of carbonyl (C=O) groups excluding carboxylic acids is 1. The molecular weight excluding hydrogens is 689 g/mol. The molecular formula is C52H56O4. The van der Waals surface area contributed by atoms with Gasteiger partial charge < -0.3 is 14.6 Å². The Balaban J connectivity index is 0.000000163. The van der Waals surface area contributed by atoms with Gasteiger partial charge in [-0.1, -0.05) is 221 Å². The van der Waals surface area contributed by atoms with E-state index in [0.29, 0.717) is 6.10 Å². The fourth-order valence-electron chi connectivity index (χ4n) is 8.15. The Morgan fingerprint density at radius 1 is 0.429 bits per heavy atom. The largest absolute Gasteiger partial charge is 0.444 e. The second-order valence-corrected chi connectivity index (χ2v) is 14.8. The average Bonchev–Trinajstić information content (AvgIpc) is 3.27. The molecule has 0 amide bonds. The first-order valence-electron chi connectivity index (χ1n) is 20.4. The predicted molar refractivity (Wildman–Crippen MR) is 227 cm³/mol. The second kappa shape index (κ2) is 20.6. The van der Waals surface area contributed by atoms with Crippen LogP contribution in [0.15, 0.2) is 182 Å². The maximum absolute atomic E-state index is 12.0. The molecule has 8 rings (SSSR count). The Morgan fingerprint density at radius 3 is 0.946 bits per heavy atom. The van der Waals surface area contributed by atoms with Crippen LogP contribution >= 0.6 is 0 Å². The molecule has 2 aliphatic rings. The summed E-state index contributed by atoms with van der Waals surface area (Å²) in [4.78, 5) is 12.0. The van der Waals surface area contributed by atoms with E-state index in [1.165, 1.54) is 62.1 Å². The predicted octanol–water partition coefficient (Wildman–Crippen LogP) is 12.2. The molecule has 0 heterocycles. The summed E-state index contributed by atoms with van der Waals surface area (Å²) in [6.07, 6.45) is 12.4. The third-order valence-corrected chi connectivity index (χ3v) is 10.8. The fraction of sp³-hybridized carbons (Fsp3) is 0.288. The summed E-state index contributed by atoms with van der Waals surface area (Å²) in [5, 5.41) is 8.91. The topological polar surface area (TPSA) is 55.8 Å². The number of ether oxygens (including phenoxy) is 2. The van der Waals surface area contributed by atoms with Crippen LogP contribution in [0.5, 0.6) is 0 Å². The molecule has 56 heavy (non-hydrogen) atoms. The molecule has 288 valence electrons. The summed E-state index contributed by atoms with van der Waals surface area (Å²) >= 11 is 0. The second-order valence-electron chi connectivity index (χ2n) is 14.8. The van der Waals surface area contributed by atoms with Gasteiger partial charge in [0, 0.05) is 23.6 Å². The van der Waals surface area contributed by atoms with Crippen molar-refractivity contribution in [1.29, 1.82) is 0 Å². The van der Waals surface area contributed by atoms with Crippen LogP contribution < -0.4 is 0 Å². The fourth-order valence-corrected chi connectivity index (χ4v) is 8.15. The number of hydrogen-bond donors (Lipinski definition) is 1. The third kappa shape index (κ3) is 10.1. The molecule has 0 spiro atoms. The van der Waals surface area contributed by atoms with Crippen molar-refractivity contribution in [3.8, 4) is 0 Å². The summed E-state index contributed by atoms with van der Waals surface area (Å²) in [6, 6.07) is 61.6. The third-order valence-electron chi connectivity index (χ3n) is 10.8. The molecule has 1 N–H and O–H groups in total. The number of benzene rings is 6. The quantitative estimate of drug-likeness (QED) is 0.118. The minimum Gasteiger partial charge on any atom is -0.444 e. The molecule has 0 aliphatic heterocycles. The lowest BCUT2D eigenvalue weighted by atomic mass is 9.79. The van der Waals surface area contributed by atoms with Gasteiger partial charge in [-0.3, -0.25) is 4.79 Å². The van der Waals surface area contributed by atoms with Crippen LogP contribution in [-0.2, 0) is 25.5 Å². The Hall–Kier alpha value is -5.29. The van der Waals surface area contributed by atoms with Crippen molar-refractivity contribution in [3.63, 3.8) is 0 Å². The molecule has 0 radical (unpaired) electrons. The minimum absolute atomic E-state index is 0.0359. The molecule has 2 aliphatic carbocycles. The van der Waals surface area contributed by atoms with Crippen molar-refractivity contribution in [3.05, 3.63) is 215 Å². The molecule has 4 heteroatoms. The van der Waals surface area contributed by atoms with Crippen LogP contribution in [0.4, 0.5) is 0 Å². The number of carbonyl (C=O) groups is 1. The van der Waals surface area contributed by atoms with Gasteiger partial charge in [-0.2, -0.15) is 0 Å². The van der Waals surface area contributed by atoms with E-state index in [4.69, 9.17) is 14.6 Å². The van der Waals surface area contributed by atoms with Crippen LogP contribution in [0, 0.1) is 0 Å². The first-order valence-corrected chi connectivity index (χ1v) is 20.4. The number of aliphatic hydroxyl groups excluding tert-OH is 1. The molecule has 6 aromatic rings. The van der Waals surface area contributed by atoms with Crippen molar-refractivity contribution < 1.29 is 19.4 Å². The summed E-state index contributed by atoms with van der Waals surface area (Å²) < 4.78 is 13.0. The Bertz CT molecular complexity index is 1780. The van der Waals surface area contributed by atoms with Crippen molar-refractivity contribution in [2.45, 2.75) is 94.5 Å². The van der Waals surface area contributed by atoms with Gasteiger partial charge in [0.1, 0.15) is 5.60 Å². The zero-order valence-electron chi connectivity index (χ0n) is 32.7. The van der Waals surface area contributed by atoms with E-state index in [1.54, 1.807) is 0 Å². The van der Waals surface area contributed by atoms with E-state index in [0.717, 1.165) is 42.4 Å². The molecule has 0 bridgehead atoms. The first-order chi connectivity index (χ1) is 27.5. The minimum atomic E-state index is -0.949. The van der Waals surface area contributed by atoms with Gasteiger partial charge in [-0.05, 0) is 42.4 Å². The normalized spacial score (nSPS) is 15.0. The highest BCUT2D eigenvalue weighted by Gasteiger charge is 2.41. The highest BCUT2D eigenvalue weighted by atomic mass is 16.6. The monoisotopic (exact) mass is 744 g/mol. The maximum Gasteiger partial charge on any atom is 0.304 e. The molecule has 0 unspecified atom stereocenters. The van der Waals surface area contributed by atoms with Gasteiger partial charge in [-0.15, -0.1) is 0 Å². The number of aliphatic hydroxyl groups is 1. The summed E-state index contributed by atoms with van der Waals surface area (Å²) in [7, 11) is 0. The van der Waals surface area contributed by atoms with E-state index in [9.17, 15) is 4.79 Å².